The highest BCUT2D eigenvalue weighted by molar-refractivity contribution is 5.92. The molecule has 0 spiro atoms. The fraction of sp³-hybridized carbons (Fsp3) is 0.444. The summed E-state index contributed by atoms with van der Waals surface area (Å²) in [5.74, 6) is 0.706. The number of amides is 1. The molecule has 5 nitrogen and oxygen atoms in total. The number of carbonyl (C=O) groups is 1. The minimum Gasteiger partial charge on any atom is -0.324 e. The number of nitrogens with zero attached hydrogens (tertiary/aromatic N) is 2. The van der Waals surface area contributed by atoms with Gasteiger partial charge in [0, 0.05) is 12.1 Å². The third-order valence-corrected chi connectivity index (χ3v) is 4.36. The van der Waals surface area contributed by atoms with Gasteiger partial charge in [-0.1, -0.05) is 12.1 Å². The van der Waals surface area contributed by atoms with Crippen LogP contribution in [0.1, 0.15) is 30.7 Å². The Kier molecular flexibility index (Phi) is 4.76. The van der Waals surface area contributed by atoms with Gasteiger partial charge in [0.15, 0.2) is 0 Å². The summed E-state index contributed by atoms with van der Waals surface area (Å²) in [4.78, 5) is 12.3. The maximum absolute atomic E-state index is 12.3. The predicted molar refractivity (Wildman–Crippen MR) is 91.9 cm³/mol. The molecule has 1 atom stereocenters. The van der Waals surface area contributed by atoms with Gasteiger partial charge in [0.05, 0.1) is 17.1 Å². The van der Waals surface area contributed by atoms with Crippen LogP contribution in [-0.2, 0) is 4.79 Å². The quantitative estimate of drug-likeness (QED) is 0.892. The first-order valence-corrected chi connectivity index (χ1v) is 8.27. The predicted octanol–water partition coefficient (Wildman–Crippen LogP) is 2.82. The normalized spacial score (nSPS) is 17.4. The van der Waals surface area contributed by atoms with Gasteiger partial charge in [0.25, 0.3) is 0 Å². The molecule has 0 saturated carbocycles. The molecule has 0 radical (unpaired) electrons. The zero-order valence-electron chi connectivity index (χ0n) is 13.8. The molecule has 2 N–H and O–H groups in total. The zero-order chi connectivity index (χ0) is 16.2. The van der Waals surface area contributed by atoms with Gasteiger partial charge in [0.1, 0.15) is 0 Å². The lowest BCUT2D eigenvalue weighted by Gasteiger charge is -2.13. The maximum atomic E-state index is 12.3. The molecule has 0 bridgehead atoms. The van der Waals surface area contributed by atoms with E-state index >= 15 is 0 Å². The Morgan fingerprint density at radius 1 is 1.39 bits per heavy atom. The Hall–Kier alpha value is -2.14. The van der Waals surface area contributed by atoms with E-state index in [9.17, 15) is 4.79 Å². The third-order valence-electron chi connectivity index (χ3n) is 4.36. The van der Waals surface area contributed by atoms with Crippen LogP contribution in [0.2, 0.25) is 0 Å². The van der Waals surface area contributed by atoms with Crippen LogP contribution in [0.25, 0.3) is 5.69 Å². The number of aryl methyl sites for hydroxylation is 2. The molecule has 1 fully saturated rings. The highest BCUT2D eigenvalue weighted by atomic mass is 16.1. The molecule has 2 heterocycles. The van der Waals surface area contributed by atoms with E-state index in [1.807, 2.05) is 48.9 Å². The van der Waals surface area contributed by atoms with Crippen molar-refractivity contribution in [2.75, 3.05) is 18.4 Å². The summed E-state index contributed by atoms with van der Waals surface area (Å²) in [5, 5.41) is 10.9. The van der Waals surface area contributed by atoms with Crippen molar-refractivity contribution in [1.82, 2.24) is 15.1 Å². The molecule has 1 aliphatic rings. The van der Waals surface area contributed by atoms with E-state index < -0.39 is 0 Å². The summed E-state index contributed by atoms with van der Waals surface area (Å²) in [6, 6.07) is 9.85. The summed E-state index contributed by atoms with van der Waals surface area (Å²) in [5.41, 5.74) is 3.75. The van der Waals surface area contributed by atoms with Gasteiger partial charge in [-0.15, -0.1) is 0 Å². The van der Waals surface area contributed by atoms with Gasteiger partial charge in [-0.2, -0.15) is 5.10 Å². The SMILES string of the molecule is Cc1cc(C)n(-c2ccccc2NC(=O)CCC2CCNC2)n1. The Labute approximate surface area is 137 Å². The fourth-order valence-corrected chi connectivity index (χ4v) is 3.15. The van der Waals surface area contributed by atoms with Crippen LogP contribution in [0.5, 0.6) is 0 Å². The molecule has 0 aliphatic carbocycles. The number of anilines is 1. The minimum atomic E-state index is 0.0749. The van der Waals surface area contributed by atoms with Gasteiger partial charge in [-0.25, -0.2) is 4.68 Å². The highest BCUT2D eigenvalue weighted by Crippen LogP contribution is 2.22. The van der Waals surface area contributed by atoms with E-state index in [0.717, 1.165) is 42.3 Å². The lowest BCUT2D eigenvalue weighted by molar-refractivity contribution is -0.116. The van der Waals surface area contributed by atoms with Gasteiger partial charge >= 0.3 is 0 Å². The van der Waals surface area contributed by atoms with Crippen LogP contribution in [0.15, 0.2) is 30.3 Å². The monoisotopic (exact) mass is 312 g/mol. The molecule has 1 aliphatic heterocycles. The topological polar surface area (TPSA) is 59.0 Å². The molecule has 122 valence electrons. The van der Waals surface area contributed by atoms with Crippen LogP contribution in [0, 0.1) is 19.8 Å². The molecular formula is C18H24N4O. The van der Waals surface area contributed by atoms with Crippen molar-refractivity contribution in [2.45, 2.75) is 33.1 Å². The van der Waals surface area contributed by atoms with Crippen LogP contribution < -0.4 is 10.6 Å². The van der Waals surface area contributed by atoms with Crippen molar-refractivity contribution >= 4 is 11.6 Å². The second kappa shape index (κ2) is 6.96. The number of carbonyl (C=O) groups excluding carboxylic acids is 1. The Morgan fingerprint density at radius 3 is 2.91 bits per heavy atom. The Morgan fingerprint density at radius 2 is 2.22 bits per heavy atom. The van der Waals surface area contributed by atoms with Crippen molar-refractivity contribution in [3.05, 3.63) is 41.7 Å². The van der Waals surface area contributed by atoms with Crippen molar-refractivity contribution < 1.29 is 4.79 Å². The van der Waals surface area contributed by atoms with Crippen LogP contribution in [0.3, 0.4) is 0 Å². The Bertz CT molecular complexity index is 686. The summed E-state index contributed by atoms with van der Waals surface area (Å²) in [7, 11) is 0. The summed E-state index contributed by atoms with van der Waals surface area (Å²) >= 11 is 0. The van der Waals surface area contributed by atoms with Gasteiger partial charge in [-0.05, 0) is 63.9 Å². The summed E-state index contributed by atoms with van der Waals surface area (Å²) in [6.07, 6.45) is 2.69. The van der Waals surface area contributed by atoms with E-state index in [1.54, 1.807) is 0 Å². The smallest absolute Gasteiger partial charge is 0.224 e. The third kappa shape index (κ3) is 3.79. The van der Waals surface area contributed by atoms with Crippen LogP contribution in [-0.4, -0.2) is 28.8 Å². The van der Waals surface area contributed by atoms with E-state index in [-0.39, 0.29) is 5.91 Å². The van der Waals surface area contributed by atoms with Crippen molar-refractivity contribution in [3.8, 4) is 5.69 Å². The number of hydrogen-bond acceptors (Lipinski definition) is 3. The summed E-state index contributed by atoms with van der Waals surface area (Å²) in [6.45, 7) is 6.11. The molecule has 1 aromatic heterocycles. The average Bonchev–Trinajstić information content (AvgIpc) is 3.15. The molecule has 1 unspecified atom stereocenters. The van der Waals surface area contributed by atoms with E-state index in [0.29, 0.717) is 12.3 Å². The molecular weight excluding hydrogens is 288 g/mol. The van der Waals surface area contributed by atoms with Crippen molar-refractivity contribution in [2.24, 2.45) is 5.92 Å². The largest absolute Gasteiger partial charge is 0.324 e. The van der Waals surface area contributed by atoms with Gasteiger partial charge < -0.3 is 10.6 Å². The second-order valence-corrected chi connectivity index (χ2v) is 6.30. The lowest BCUT2D eigenvalue weighted by Crippen LogP contribution is -2.16. The summed E-state index contributed by atoms with van der Waals surface area (Å²) < 4.78 is 1.88. The standard InChI is InChI=1S/C18H24N4O/c1-13-11-14(2)22(21-13)17-6-4-3-5-16(17)20-18(23)8-7-15-9-10-19-12-15/h3-6,11,15,19H,7-10,12H2,1-2H3,(H,20,23). The van der Waals surface area contributed by atoms with Crippen molar-refractivity contribution in [1.29, 1.82) is 0 Å². The average molecular weight is 312 g/mol. The number of rotatable bonds is 5. The molecule has 1 amide bonds. The van der Waals surface area contributed by atoms with Gasteiger partial charge in [0.2, 0.25) is 5.91 Å². The molecule has 2 aromatic rings. The molecule has 23 heavy (non-hydrogen) atoms. The molecule has 3 rings (SSSR count). The van der Waals surface area contributed by atoms with Crippen LogP contribution >= 0.6 is 0 Å². The zero-order valence-corrected chi connectivity index (χ0v) is 13.8. The van der Waals surface area contributed by atoms with E-state index in [2.05, 4.69) is 15.7 Å². The second-order valence-electron chi connectivity index (χ2n) is 6.30. The number of nitrogens with one attached hydrogen (secondary N) is 2. The number of aromatic nitrogens is 2. The number of benzene rings is 1. The van der Waals surface area contributed by atoms with Crippen LogP contribution in [0.4, 0.5) is 5.69 Å². The first-order chi connectivity index (χ1) is 11.1. The molecule has 1 saturated heterocycles. The van der Waals surface area contributed by atoms with Crippen molar-refractivity contribution in [3.63, 3.8) is 0 Å². The number of para-hydroxylation sites is 2. The van der Waals surface area contributed by atoms with Gasteiger partial charge in [-0.3, -0.25) is 4.79 Å². The Balaban J connectivity index is 1.70. The molecule has 1 aromatic carbocycles. The number of hydrogen-bond donors (Lipinski definition) is 2. The minimum absolute atomic E-state index is 0.0749. The fourth-order valence-electron chi connectivity index (χ4n) is 3.15. The maximum Gasteiger partial charge on any atom is 0.224 e. The van der Waals surface area contributed by atoms with E-state index in [1.165, 1.54) is 6.42 Å². The first-order valence-electron chi connectivity index (χ1n) is 8.27. The highest BCUT2D eigenvalue weighted by Gasteiger charge is 2.16. The lowest BCUT2D eigenvalue weighted by atomic mass is 10.0. The molecule has 5 heteroatoms. The first kappa shape index (κ1) is 15.7. The van der Waals surface area contributed by atoms with E-state index in [4.69, 9.17) is 0 Å².